The Balaban J connectivity index is 1.54. The summed E-state index contributed by atoms with van der Waals surface area (Å²) in [5.74, 6) is 3.89. The molecule has 0 amide bonds. The molecule has 2 nitrogen and oxygen atoms in total. The Bertz CT molecular complexity index is 415. The molecule has 4 bridgehead atoms. The topological polar surface area (TPSA) is 35.8 Å². The summed E-state index contributed by atoms with van der Waals surface area (Å²) in [5, 5.41) is 13.2. The van der Waals surface area contributed by atoms with E-state index < -0.39 is 0 Å². The van der Waals surface area contributed by atoms with Crippen LogP contribution in [0.4, 0.5) is 0 Å². The van der Waals surface area contributed by atoms with Crippen LogP contribution in [0.3, 0.4) is 0 Å². The minimum Gasteiger partial charge on any atom is -0.384 e. The van der Waals surface area contributed by atoms with Gasteiger partial charge in [-0.3, -0.25) is 0 Å². The number of hydrogen-bond acceptors (Lipinski definition) is 2. The summed E-state index contributed by atoms with van der Waals surface area (Å²) in [7, 11) is 0. The molecular formula is C17H24N2. The Hall–Kier alpha value is -0.970. The van der Waals surface area contributed by atoms with Crippen molar-refractivity contribution in [3.05, 3.63) is 11.3 Å². The van der Waals surface area contributed by atoms with Gasteiger partial charge in [0.1, 0.15) is 0 Å². The maximum atomic E-state index is 9.30. The molecule has 5 aliphatic carbocycles. The summed E-state index contributed by atoms with van der Waals surface area (Å²) < 4.78 is 0. The molecule has 0 aromatic carbocycles. The first kappa shape index (κ1) is 11.8. The fourth-order valence-electron chi connectivity index (χ4n) is 5.55. The van der Waals surface area contributed by atoms with Crippen molar-refractivity contribution in [2.75, 3.05) is 0 Å². The van der Waals surface area contributed by atoms with Crippen LogP contribution < -0.4 is 5.32 Å². The molecule has 0 unspecified atom stereocenters. The molecule has 4 fully saturated rings. The summed E-state index contributed by atoms with van der Waals surface area (Å²) in [5.41, 5.74) is 2.37. The van der Waals surface area contributed by atoms with Crippen molar-refractivity contribution in [2.45, 2.75) is 63.8 Å². The molecule has 102 valence electrons. The number of nitrogens with zero attached hydrogens (tertiary/aromatic N) is 1. The van der Waals surface area contributed by atoms with Gasteiger partial charge in [-0.05, 0) is 81.5 Å². The fraction of sp³-hybridized carbons (Fsp3) is 0.824. The molecule has 1 N–H and O–H groups in total. The van der Waals surface area contributed by atoms with E-state index in [1.54, 1.807) is 0 Å². The Labute approximate surface area is 116 Å². The van der Waals surface area contributed by atoms with Gasteiger partial charge in [-0.2, -0.15) is 5.26 Å². The largest absolute Gasteiger partial charge is 0.384 e. The smallest absolute Gasteiger partial charge is 0.0965 e. The van der Waals surface area contributed by atoms with Gasteiger partial charge in [0.25, 0.3) is 0 Å². The zero-order valence-electron chi connectivity index (χ0n) is 11.7. The number of hydrogen-bond donors (Lipinski definition) is 1. The van der Waals surface area contributed by atoms with Crippen molar-refractivity contribution < 1.29 is 0 Å². The monoisotopic (exact) mass is 256 g/mol. The lowest BCUT2D eigenvalue weighted by Crippen LogP contribution is -2.54. The number of rotatable bonds is 2. The number of nitrogens with one attached hydrogen (secondary N) is 1. The summed E-state index contributed by atoms with van der Waals surface area (Å²) in [6.07, 6.45) is 11.9. The third kappa shape index (κ3) is 1.98. The van der Waals surface area contributed by atoms with Crippen molar-refractivity contribution in [1.82, 2.24) is 5.32 Å². The SMILES string of the molecule is N#CC1=C(NC2C3CC4CC(C3)CC2C4)CCCC1. The van der Waals surface area contributed by atoms with Crippen LogP contribution in [0.1, 0.15) is 57.8 Å². The highest BCUT2D eigenvalue weighted by Crippen LogP contribution is 2.54. The van der Waals surface area contributed by atoms with E-state index in [1.807, 2.05) is 0 Å². The lowest BCUT2D eigenvalue weighted by Gasteiger charge is -2.55. The standard InChI is InChI=1S/C17H24N2/c18-10-13-3-1-2-4-16(13)19-17-14-6-11-5-12(8-14)9-15(17)7-11/h11-12,14-15,17,19H,1-9H2. The molecule has 5 rings (SSSR count). The van der Waals surface area contributed by atoms with Crippen LogP contribution in [0.15, 0.2) is 11.3 Å². The molecule has 0 aromatic rings. The van der Waals surface area contributed by atoms with Gasteiger partial charge < -0.3 is 5.32 Å². The molecule has 19 heavy (non-hydrogen) atoms. The van der Waals surface area contributed by atoms with Crippen LogP contribution in [-0.2, 0) is 0 Å². The maximum Gasteiger partial charge on any atom is 0.0965 e. The molecule has 0 heterocycles. The van der Waals surface area contributed by atoms with E-state index in [1.165, 1.54) is 50.6 Å². The van der Waals surface area contributed by atoms with E-state index in [2.05, 4.69) is 11.4 Å². The Morgan fingerprint density at radius 1 is 0.895 bits per heavy atom. The van der Waals surface area contributed by atoms with Gasteiger partial charge in [0.05, 0.1) is 6.07 Å². The third-order valence-corrected chi connectivity index (χ3v) is 6.17. The van der Waals surface area contributed by atoms with E-state index in [-0.39, 0.29) is 0 Å². The molecule has 0 saturated heterocycles. The van der Waals surface area contributed by atoms with Crippen molar-refractivity contribution in [1.29, 1.82) is 5.26 Å². The van der Waals surface area contributed by atoms with E-state index in [9.17, 15) is 5.26 Å². The van der Waals surface area contributed by atoms with Gasteiger partial charge in [0.15, 0.2) is 0 Å². The van der Waals surface area contributed by atoms with Gasteiger partial charge in [-0.15, -0.1) is 0 Å². The van der Waals surface area contributed by atoms with E-state index in [4.69, 9.17) is 0 Å². The predicted octanol–water partition coefficient (Wildman–Crippen LogP) is 3.75. The summed E-state index contributed by atoms with van der Waals surface area (Å²) in [6, 6.07) is 3.14. The number of allylic oxidation sites excluding steroid dienone is 2. The molecule has 5 aliphatic rings. The average molecular weight is 256 g/mol. The van der Waals surface area contributed by atoms with Crippen LogP contribution in [0.5, 0.6) is 0 Å². The Morgan fingerprint density at radius 2 is 1.53 bits per heavy atom. The van der Waals surface area contributed by atoms with Gasteiger partial charge in [0, 0.05) is 17.3 Å². The quantitative estimate of drug-likeness (QED) is 0.816. The van der Waals surface area contributed by atoms with E-state index in [0.717, 1.165) is 42.1 Å². The lowest BCUT2D eigenvalue weighted by atomic mass is 9.54. The first-order valence-electron chi connectivity index (χ1n) is 8.22. The zero-order valence-corrected chi connectivity index (χ0v) is 11.7. The highest BCUT2D eigenvalue weighted by molar-refractivity contribution is 5.29. The van der Waals surface area contributed by atoms with Crippen LogP contribution in [0.25, 0.3) is 0 Å². The molecule has 4 saturated carbocycles. The van der Waals surface area contributed by atoms with Crippen LogP contribution in [0.2, 0.25) is 0 Å². The zero-order chi connectivity index (χ0) is 12.8. The van der Waals surface area contributed by atoms with Gasteiger partial charge in [-0.25, -0.2) is 0 Å². The second-order valence-electron chi connectivity index (χ2n) is 7.38. The summed E-state index contributed by atoms with van der Waals surface area (Å²) in [6.45, 7) is 0. The lowest BCUT2D eigenvalue weighted by molar-refractivity contribution is -0.0106. The van der Waals surface area contributed by atoms with Gasteiger partial charge >= 0.3 is 0 Å². The molecular weight excluding hydrogens is 232 g/mol. The van der Waals surface area contributed by atoms with E-state index >= 15 is 0 Å². The highest BCUT2D eigenvalue weighted by Gasteiger charge is 2.48. The molecule has 0 aliphatic heterocycles. The van der Waals surface area contributed by atoms with E-state index in [0.29, 0.717) is 6.04 Å². The van der Waals surface area contributed by atoms with Crippen LogP contribution in [-0.4, -0.2) is 6.04 Å². The van der Waals surface area contributed by atoms with Crippen LogP contribution >= 0.6 is 0 Å². The molecule has 0 aromatic heterocycles. The van der Waals surface area contributed by atoms with Crippen molar-refractivity contribution in [2.24, 2.45) is 23.7 Å². The first-order valence-corrected chi connectivity index (χ1v) is 8.22. The second-order valence-corrected chi connectivity index (χ2v) is 7.38. The average Bonchev–Trinajstić information content (AvgIpc) is 2.42. The summed E-state index contributed by atoms with van der Waals surface area (Å²) >= 11 is 0. The fourth-order valence-corrected chi connectivity index (χ4v) is 5.55. The highest BCUT2D eigenvalue weighted by atomic mass is 15.0. The third-order valence-electron chi connectivity index (χ3n) is 6.17. The maximum absolute atomic E-state index is 9.30. The molecule has 0 atom stereocenters. The van der Waals surface area contributed by atoms with Crippen molar-refractivity contribution >= 4 is 0 Å². The normalized spacial score (nSPS) is 44.3. The van der Waals surface area contributed by atoms with Gasteiger partial charge in [0.2, 0.25) is 0 Å². The van der Waals surface area contributed by atoms with Crippen molar-refractivity contribution in [3.8, 4) is 6.07 Å². The number of nitriles is 1. The first-order chi connectivity index (χ1) is 9.33. The molecule has 0 spiro atoms. The molecule has 0 radical (unpaired) electrons. The minimum absolute atomic E-state index is 0.698. The predicted molar refractivity (Wildman–Crippen MR) is 75.1 cm³/mol. The van der Waals surface area contributed by atoms with Gasteiger partial charge in [-0.1, -0.05) is 0 Å². The summed E-state index contributed by atoms with van der Waals surface area (Å²) in [4.78, 5) is 0. The Kier molecular flexibility index (Phi) is 2.83. The molecule has 2 heteroatoms. The van der Waals surface area contributed by atoms with Crippen molar-refractivity contribution in [3.63, 3.8) is 0 Å². The second kappa shape index (κ2) is 4.54. The Morgan fingerprint density at radius 3 is 2.16 bits per heavy atom. The minimum atomic E-state index is 0.698. The van der Waals surface area contributed by atoms with Crippen LogP contribution in [0, 0.1) is 35.0 Å².